The zero-order valence-electron chi connectivity index (χ0n) is 10.3. The van der Waals surface area contributed by atoms with Gasteiger partial charge in [-0.3, -0.25) is 15.0 Å². The molecule has 1 aliphatic rings. The molecule has 0 amide bonds. The average molecular weight is 242 g/mol. The Bertz CT molecular complexity index is 567. The molecule has 1 saturated heterocycles. The van der Waals surface area contributed by atoms with E-state index in [0.717, 1.165) is 0 Å². The first kappa shape index (κ1) is 10.7. The Labute approximate surface area is 98.3 Å². The summed E-state index contributed by atoms with van der Waals surface area (Å²) in [7, 11) is 0. The molecule has 3 atom stereocenters. The fourth-order valence-electron chi connectivity index (χ4n) is 1.82. The largest absolute Gasteiger partial charge is 0.394 e. The van der Waals surface area contributed by atoms with Gasteiger partial charge in [-0.25, -0.2) is 4.79 Å². The van der Waals surface area contributed by atoms with Gasteiger partial charge in [0.05, 0.1) is 12.7 Å². The monoisotopic (exact) mass is 242 g/mol. The fourth-order valence-corrected chi connectivity index (χ4v) is 1.82. The number of H-pyrrole nitrogens is 1. The Morgan fingerprint density at radius 1 is 1.82 bits per heavy atom. The summed E-state index contributed by atoms with van der Waals surface area (Å²) in [6, 6.07) is 0. The maximum atomic E-state index is 11.8. The van der Waals surface area contributed by atoms with Gasteiger partial charge in [-0.1, -0.05) is 0 Å². The molecule has 94 valence electrons. The lowest BCUT2D eigenvalue weighted by molar-refractivity contribution is -0.0459. The molecule has 0 saturated carbocycles. The van der Waals surface area contributed by atoms with Crippen LogP contribution in [0.2, 0.25) is 1.41 Å². The number of nitrogens with one attached hydrogen (secondary N) is 2. The number of hydrogen-bond donors (Lipinski definition) is 4. The first-order chi connectivity index (χ1) is 8.45. The van der Waals surface area contributed by atoms with Gasteiger partial charge in [-0.15, -0.1) is 0 Å². The normalized spacial score (nSPS) is 29.4. The van der Waals surface area contributed by atoms with Crippen molar-refractivity contribution in [3.05, 3.63) is 27.7 Å². The Hall–Kier alpha value is -1.44. The maximum Gasteiger partial charge on any atom is 0.329 e. The van der Waals surface area contributed by atoms with Crippen LogP contribution in [-0.2, 0) is 4.74 Å². The molecule has 1 aromatic heterocycles. The van der Waals surface area contributed by atoms with E-state index in [1.54, 1.807) is 6.92 Å². The van der Waals surface area contributed by atoms with Crippen LogP contribution in [0.1, 0.15) is 18.2 Å². The minimum absolute atomic E-state index is 0.169. The first-order valence-electron chi connectivity index (χ1n) is 5.73. The molecule has 1 aliphatic heterocycles. The number of aromatic amines is 1. The minimum Gasteiger partial charge on any atom is -0.394 e. The number of hydrogen-bond acceptors (Lipinski definition) is 5. The van der Waals surface area contributed by atoms with Crippen LogP contribution in [0.4, 0.5) is 0 Å². The third-order valence-corrected chi connectivity index (χ3v) is 2.83. The highest BCUT2D eigenvalue weighted by atomic mass is 16.5. The highest BCUT2D eigenvalue weighted by Gasteiger charge is 2.34. The Kier molecular flexibility index (Phi) is 2.79. The summed E-state index contributed by atoms with van der Waals surface area (Å²) in [4.78, 5) is 12.3. The number of aliphatic hydroxyl groups is 2. The first-order valence-corrected chi connectivity index (χ1v) is 5.28. The molecular weight excluding hydrogens is 226 g/mol. The highest BCUT2D eigenvalue weighted by Crippen LogP contribution is 2.27. The molecule has 0 bridgehead atoms. The predicted molar refractivity (Wildman–Crippen MR) is 57.3 cm³/mol. The van der Waals surface area contributed by atoms with E-state index in [1.807, 2.05) is 0 Å². The summed E-state index contributed by atoms with van der Waals surface area (Å²) >= 11 is 0. The third-order valence-electron chi connectivity index (χ3n) is 2.83. The van der Waals surface area contributed by atoms with Crippen molar-refractivity contribution in [1.29, 1.82) is 5.41 Å². The standard InChI is InChI=1S/C10H15N3O4/c1-5-3-13(10(16)12-9(5)11)8-2-6(15)7(4-14)17-8/h3,6-8,14-15H,2,4H2,1H3,(H2,11,12,16)/t6-,7+,8+/m0/s1/i/hD. The third kappa shape index (κ3) is 2.17. The maximum absolute atomic E-state index is 11.8. The summed E-state index contributed by atoms with van der Waals surface area (Å²) < 4.78 is 14.0. The van der Waals surface area contributed by atoms with Crippen LogP contribution in [-0.4, -0.2) is 38.6 Å². The molecule has 1 fully saturated rings. The molecule has 0 spiro atoms. The number of aryl methyl sites for hydroxylation is 1. The van der Waals surface area contributed by atoms with Crippen molar-refractivity contribution in [2.75, 3.05) is 6.61 Å². The second-order valence-corrected chi connectivity index (χ2v) is 4.08. The molecule has 4 N–H and O–H groups in total. The molecule has 1 aromatic rings. The predicted octanol–water partition coefficient (Wildman–Crippen LogP) is -1.40. The molecule has 0 radical (unpaired) electrons. The van der Waals surface area contributed by atoms with Crippen molar-refractivity contribution in [1.82, 2.24) is 9.54 Å². The lowest BCUT2D eigenvalue weighted by Gasteiger charge is -2.14. The number of rotatable bonds is 2. The van der Waals surface area contributed by atoms with Crippen LogP contribution in [0.3, 0.4) is 0 Å². The van der Waals surface area contributed by atoms with E-state index in [4.69, 9.17) is 16.7 Å². The average Bonchev–Trinajstić information content (AvgIpc) is 2.72. The van der Waals surface area contributed by atoms with Crippen LogP contribution in [0.25, 0.3) is 0 Å². The number of ether oxygens (including phenoxy) is 1. The van der Waals surface area contributed by atoms with E-state index >= 15 is 0 Å². The second-order valence-electron chi connectivity index (χ2n) is 4.08. The van der Waals surface area contributed by atoms with Gasteiger partial charge in [-0.2, -0.15) is 0 Å². The number of aromatic nitrogens is 2. The van der Waals surface area contributed by atoms with Gasteiger partial charge < -0.3 is 14.9 Å². The van der Waals surface area contributed by atoms with Gasteiger partial charge in [0.2, 0.25) is 0 Å². The van der Waals surface area contributed by atoms with Gasteiger partial charge >= 0.3 is 5.69 Å². The number of aliphatic hydroxyl groups excluding tert-OH is 2. The van der Waals surface area contributed by atoms with Gasteiger partial charge in [0.15, 0.2) is 1.41 Å². The molecule has 0 aliphatic carbocycles. The van der Waals surface area contributed by atoms with Crippen molar-refractivity contribution in [3.63, 3.8) is 0 Å². The van der Waals surface area contributed by atoms with Crippen molar-refractivity contribution in [2.45, 2.75) is 31.8 Å². The molecular formula is C10H15N3O4. The molecule has 0 aromatic carbocycles. The summed E-state index contributed by atoms with van der Waals surface area (Å²) in [6.07, 6.45) is -0.700. The van der Waals surface area contributed by atoms with Gasteiger partial charge in [0, 0.05) is 18.2 Å². The van der Waals surface area contributed by atoms with E-state index in [9.17, 15) is 9.90 Å². The van der Waals surface area contributed by atoms with E-state index in [2.05, 4.69) is 0 Å². The number of nitrogens with zero attached hydrogens (tertiary/aromatic N) is 1. The molecule has 17 heavy (non-hydrogen) atoms. The van der Waals surface area contributed by atoms with Crippen molar-refractivity contribution >= 4 is 0 Å². The van der Waals surface area contributed by atoms with E-state index in [-0.39, 0.29) is 18.5 Å². The van der Waals surface area contributed by atoms with Gasteiger partial charge in [0.1, 0.15) is 17.8 Å². The molecule has 2 heterocycles. The van der Waals surface area contributed by atoms with E-state index in [1.165, 1.54) is 10.8 Å². The molecule has 7 nitrogen and oxygen atoms in total. The summed E-state index contributed by atoms with van der Waals surface area (Å²) in [5, 5.41) is 26.1. The molecule has 2 rings (SSSR count). The summed E-state index contributed by atoms with van der Waals surface area (Å²) in [5.41, 5.74) is -0.440. The SMILES string of the molecule is [2H]n1c(=N)c(C)cn([C@H]2C[C@H](O)[C@@H](CO)O2)c1=O. The van der Waals surface area contributed by atoms with Crippen LogP contribution in [0.5, 0.6) is 0 Å². The lowest BCUT2D eigenvalue weighted by atomic mass is 10.2. The fraction of sp³-hybridized carbons (Fsp3) is 0.600. The lowest BCUT2D eigenvalue weighted by Crippen LogP contribution is -2.33. The second kappa shape index (κ2) is 4.44. The van der Waals surface area contributed by atoms with Crippen molar-refractivity contribution in [2.24, 2.45) is 0 Å². The van der Waals surface area contributed by atoms with Crippen LogP contribution in [0, 0.1) is 12.3 Å². The Morgan fingerprint density at radius 2 is 2.53 bits per heavy atom. The zero-order chi connectivity index (χ0) is 13.4. The van der Waals surface area contributed by atoms with Crippen molar-refractivity contribution < 1.29 is 16.4 Å². The summed E-state index contributed by atoms with van der Waals surface area (Å²) in [5.74, 6) is 0. The quantitative estimate of drug-likeness (QED) is 0.511. The molecule has 7 heteroatoms. The Morgan fingerprint density at radius 3 is 3.12 bits per heavy atom. The van der Waals surface area contributed by atoms with Crippen molar-refractivity contribution in [3.8, 4) is 0 Å². The molecule has 0 unspecified atom stereocenters. The van der Waals surface area contributed by atoms with Crippen LogP contribution < -0.4 is 11.2 Å². The summed E-state index contributed by atoms with van der Waals surface area (Å²) in [6.45, 7) is 1.28. The smallest absolute Gasteiger partial charge is 0.329 e. The van der Waals surface area contributed by atoms with E-state index < -0.39 is 24.1 Å². The van der Waals surface area contributed by atoms with Gasteiger partial charge in [0.25, 0.3) is 0 Å². The Balaban J connectivity index is 2.42. The van der Waals surface area contributed by atoms with Crippen LogP contribution in [0.15, 0.2) is 11.0 Å². The highest BCUT2D eigenvalue weighted by molar-refractivity contribution is 5.00. The van der Waals surface area contributed by atoms with Gasteiger partial charge in [-0.05, 0) is 6.92 Å². The minimum atomic E-state index is -0.845. The van der Waals surface area contributed by atoms with E-state index in [0.29, 0.717) is 10.5 Å². The zero-order valence-corrected chi connectivity index (χ0v) is 9.33. The van der Waals surface area contributed by atoms with Crippen LogP contribution >= 0.6 is 0 Å². The topological polar surface area (TPSA) is 111 Å².